The molecule has 0 saturated heterocycles. The van der Waals surface area contributed by atoms with Crippen LogP contribution in [0.1, 0.15) is 23.7 Å². The van der Waals surface area contributed by atoms with Gasteiger partial charge in [-0.3, -0.25) is 4.98 Å². The van der Waals surface area contributed by atoms with Crippen molar-refractivity contribution in [2.75, 3.05) is 0 Å². The molecule has 0 radical (unpaired) electrons. The molecule has 0 bridgehead atoms. The standard InChI is InChI=1S/C13H13BrClN3/c1-4-9-10(14)12(15)18-13(17-9)11-8(3)5-7(2)6-16-11/h5-6H,4H2,1-3H3. The SMILES string of the molecule is CCc1nc(-c2ncc(C)cc2C)nc(Cl)c1Br. The highest BCUT2D eigenvalue weighted by atomic mass is 79.9. The summed E-state index contributed by atoms with van der Waals surface area (Å²) in [5.41, 5.74) is 3.85. The highest BCUT2D eigenvalue weighted by molar-refractivity contribution is 9.10. The van der Waals surface area contributed by atoms with Gasteiger partial charge in [-0.2, -0.15) is 0 Å². The second-order valence-electron chi connectivity index (χ2n) is 4.13. The van der Waals surface area contributed by atoms with Crippen LogP contribution in [-0.4, -0.2) is 15.0 Å². The van der Waals surface area contributed by atoms with Crippen molar-refractivity contribution in [2.45, 2.75) is 27.2 Å². The lowest BCUT2D eigenvalue weighted by Gasteiger charge is -2.08. The van der Waals surface area contributed by atoms with Gasteiger partial charge in [-0.25, -0.2) is 9.97 Å². The largest absolute Gasteiger partial charge is 0.252 e. The van der Waals surface area contributed by atoms with Gasteiger partial charge in [0.15, 0.2) is 5.82 Å². The zero-order chi connectivity index (χ0) is 13.3. The maximum Gasteiger partial charge on any atom is 0.180 e. The quantitative estimate of drug-likeness (QED) is 0.779. The Bertz CT molecular complexity index is 599. The molecule has 0 aromatic carbocycles. The predicted octanol–water partition coefficient (Wildman–Crippen LogP) is 4.13. The van der Waals surface area contributed by atoms with Crippen LogP contribution < -0.4 is 0 Å². The first kappa shape index (κ1) is 13.4. The van der Waals surface area contributed by atoms with Crippen molar-refractivity contribution < 1.29 is 0 Å². The molecule has 2 heterocycles. The van der Waals surface area contributed by atoms with Gasteiger partial charge in [-0.15, -0.1) is 0 Å². The van der Waals surface area contributed by atoms with Gasteiger partial charge in [-0.05, 0) is 47.3 Å². The minimum absolute atomic E-state index is 0.429. The molecule has 0 amide bonds. The van der Waals surface area contributed by atoms with Crippen molar-refractivity contribution in [3.8, 4) is 11.5 Å². The average Bonchev–Trinajstić information content (AvgIpc) is 2.32. The molecule has 0 fully saturated rings. The first-order valence-corrected chi connectivity index (χ1v) is 6.85. The van der Waals surface area contributed by atoms with Gasteiger partial charge >= 0.3 is 0 Å². The fourth-order valence-corrected chi connectivity index (χ4v) is 2.40. The molecule has 0 aliphatic carbocycles. The maximum atomic E-state index is 6.11. The molecule has 0 unspecified atom stereocenters. The number of hydrogen-bond donors (Lipinski definition) is 0. The summed E-state index contributed by atoms with van der Waals surface area (Å²) in [6, 6.07) is 2.06. The molecule has 5 heteroatoms. The molecular formula is C13H13BrClN3. The number of nitrogens with zero attached hydrogens (tertiary/aromatic N) is 3. The number of rotatable bonds is 2. The summed E-state index contributed by atoms with van der Waals surface area (Å²) in [5, 5.41) is 0.429. The first-order valence-electron chi connectivity index (χ1n) is 5.68. The zero-order valence-electron chi connectivity index (χ0n) is 10.5. The molecule has 0 aliphatic rings. The molecule has 0 spiro atoms. The fraction of sp³-hybridized carbons (Fsp3) is 0.308. The van der Waals surface area contributed by atoms with E-state index in [0.29, 0.717) is 11.0 Å². The van der Waals surface area contributed by atoms with E-state index >= 15 is 0 Å². The lowest BCUT2D eigenvalue weighted by molar-refractivity contribution is 0.980. The van der Waals surface area contributed by atoms with E-state index < -0.39 is 0 Å². The van der Waals surface area contributed by atoms with E-state index in [2.05, 4.69) is 36.9 Å². The highest BCUT2D eigenvalue weighted by Crippen LogP contribution is 2.27. The Labute approximate surface area is 120 Å². The molecule has 2 aromatic heterocycles. The maximum absolute atomic E-state index is 6.11. The summed E-state index contributed by atoms with van der Waals surface area (Å²) in [6.07, 6.45) is 2.61. The monoisotopic (exact) mass is 325 g/mol. The van der Waals surface area contributed by atoms with Crippen LogP contribution >= 0.6 is 27.5 Å². The number of pyridine rings is 1. The van der Waals surface area contributed by atoms with Gasteiger partial charge in [-0.1, -0.05) is 24.6 Å². The Morgan fingerprint density at radius 2 is 2.00 bits per heavy atom. The molecule has 2 aromatic rings. The Balaban J connectivity index is 2.60. The lowest BCUT2D eigenvalue weighted by Crippen LogP contribution is -2.00. The average molecular weight is 327 g/mol. The van der Waals surface area contributed by atoms with Crippen LogP contribution in [0.2, 0.25) is 5.15 Å². The minimum atomic E-state index is 0.429. The van der Waals surface area contributed by atoms with E-state index in [1.165, 1.54) is 0 Å². The highest BCUT2D eigenvalue weighted by Gasteiger charge is 2.13. The van der Waals surface area contributed by atoms with Crippen molar-refractivity contribution in [3.63, 3.8) is 0 Å². The Morgan fingerprint density at radius 3 is 2.61 bits per heavy atom. The molecular weight excluding hydrogens is 314 g/mol. The predicted molar refractivity (Wildman–Crippen MR) is 76.8 cm³/mol. The topological polar surface area (TPSA) is 38.7 Å². The molecule has 0 atom stereocenters. The van der Waals surface area contributed by atoms with Gasteiger partial charge in [0.25, 0.3) is 0 Å². The van der Waals surface area contributed by atoms with Gasteiger partial charge < -0.3 is 0 Å². The van der Waals surface area contributed by atoms with Crippen molar-refractivity contribution in [1.29, 1.82) is 0 Å². The Hall–Kier alpha value is -1.00. The summed E-state index contributed by atoms with van der Waals surface area (Å²) >= 11 is 9.51. The van der Waals surface area contributed by atoms with Gasteiger partial charge in [0.05, 0.1) is 10.2 Å². The normalized spacial score (nSPS) is 10.7. The second kappa shape index (κ2) is 5.33. The summed E-state index contributed by atoms with van der Waals surface area (Å²) < 4.78 is 0.764. The molecule has 0 saturated carbocycles. The number of halogens is 2. The second-order valence-corrected chi connectivity index (χ2v) is 5.28. The van der Waals surface area contributed by atoms with E-state index in [1.807, 2.05) is 27.0 Å². The molecule has 2 rings (SSSR count). The van der Waals surface area contributed by atoms with E-state index in [-0.39, 0.29) is 0 Å². The van der Waals surface area contributed by atoms with Crippen LogP contribution in [0, 0.1) is 13.8 Å². The van der Waals surface area contributed by atoms with E-state index in [4.69, 9.17) is 11.6 Å². The van der Waals surface area contributed by atoms with Gasteiger partial charge in [0.2, 0.25) is 0 Å². The van der Waals surface area contributed by atoms with E-state index in [0.717, 1.165) is 33.4 Å². The van der Waals surface area contributed by atoms with Crippen LogP contribution in [0.3, 0.4) is 0 Å². The number of aromatic nitrogens is 3. The molecule has 94 valence electrons. The summed E-state index contributed by atoms with van der Waals surface area (Å²) in [5.74, 6) is 0.581. The smallest absolute Gasteiger partial charge is 0.180 e. The Kier molecular flexibility index (Phi) is 3.97. The van der Waals surface area contributed by atoms with Crippen LogP contribution in [0.5, 0.6) is 0 Å². The third-order valence-corrected chi connectivity index (χ3v) is 3.98. The van der Waals surface area contributed by atoms with Gasteiger partial charge in [0.1, 0.15) is 10.8 Å². The van der Waals surface area contributed by atoms with Crippen LogP contribution in [-0.2, 0) is 6.42 Å². The van der Waals surface area contributed by atoms with Crippen LogP contribution in [0.4, 0.5) is 0 Å². The van der Waals surface area contributed by atoms with E-state index in [9.17, 15) is 0 Å². The fourth-order valence-electron chi connectivity index (χ4n) is 1.75. The lowest BCUT2D eigenvalue weighted by atomic mass is 10.1. The Morgan fingerprint density at radius 1 is 1.28 bits per heavy atom. The molecule has 3 nitrogen and oxygen atoms in total. The van der Waals surface area contributed by atoms with Crippen LogP contribution in [0.15, 0.2) is 16.7 Å². The third kappa shape index (κ3) is 2.54. The minimum Gasteiger partial charge on any atom is -0.252 e. The van der Waals surface area contributed by atoms with Crippen molar-refractivity contribution in [1.82, 2.24) is 15.0 Å². The summed E-state index contributed by atoms with van der Waals surface area (Å²) in [7, 11) is 0. The molecule has 18 heavy (non-hydrogen) atoms. The molecule has 0 aliphatic heterocycles. The van der Waals surface area contributed by atoms with Crippen LogP contribution in [0.25, 0.3) is 11.5 Å². The van der Waals surface area contributed by atoms with Crippen molar-refractivity contribution in [2.24, 2.45) is 0 Å². The molecule has 0 N–H and O–H groups in total. The van der Waals surface area contributed by atoms with Crippen molar-refractivity contribution >= 4 is 27.5 Å². The summed E-state index contributed by atoms with van der Waals surface area (Å²) in [4.78, 5) is 13.2. The summed E-state index contributed by atoms with van der Waals surface area (Å²) in [6.45, 7) is 6.04. The third-order valence-electron chi connectivity index (χ3n) is 2.64. The van der Waals surface area contributed by atoms with Gasteiger partial charge in [0, 0.05) is 6.20 Å². The number of hydrogen-bond acceptors (Lipinski definition) is 3. The number of aryl methyl sites for hydroxylation is 3. The zero-order valence-corrected chi connectivity index (χ0v) is 12.8. The first-order chi connectivity index (χ1) is 8.52. The van der Waals surface area contributed by atoms with E-state index in [1.54, 1.807) is 0 Å². The van der Waals surface area contributed by atoms with Crippen molar-refractivity contribution in [3.05, 3.63) is 38.7 Å².